The number of fused-ring (bicyclic) bond motifs is 1. The third-order valence-corrected chi connectivity index (χ3v) is 3.70. The van der Waals surface area contributed by atoms with Crippen molar-refractivity contribution in [2.75, 3.05) is 12.3 Å². The average molecular weight is 259 g/mol. The first-order valence-electron chi connectivity index (χ1n) is 6.12. The van der Waals surface area contributed by atoms with E-state index in [-0.39, 0.29) is 6.04 Å². The molecule has 0 radical (unpaired) electrons. The number of nitrogen functional groups attached to an aromatic ring is 1. The first-order valence-corrected chi connectivity index (χ1v) is 6.49. The Kier molecular flexibility index (Phi) is 2.98. The van der Waals surface area contributed by atoms with Gasteiger partial charge in [0.05, 0.1) is 6.04 Å². The quantitative estimate of drug-likeness (QED) is 0.771. The molecule has 2 nitrogen and oxygen atoms in total. The monoisotopic (exact) mass is 258 g/mol. The Hall–Kier alpha value is -1.51. The number of rotatable bonds is 1. The van der Waals surface area contributed by atoms with Gasteiger partial charge in [-0.3, -0.25) is 0 Å². The van der Waals surface area contributed by atoms with Crippen molar-refractivity contribution in [3.05, 3.63) is 64.2 Å². The molecule has 92 valence electrons. The molecule has 2 aromatic rings. The molecule has 0 unspecified atom stereocenters. The molecule has 0 spiro atoms. The highest BCUT2D eigenvalue weighted by atomic mass is 35.5. The van der Waals surface area contributed by atoms with Crippen LogP contribution in [0.15, 0.2) is 42.5 Å². The third-order valence-electron chi connectivity index (χ3n) is 3.47. The first kappa shape index (κ1) is 11.6. The number of nitrogens with two attached hydrogens (primary N) is 1. The maximum atomic E-state index is 6.08. The molecule has 2 aromatic carbocycles. The van der Waals surface area contributed by atoms with Crippen LogP contribution < -0.4 is 11.1 Å². The van der Waals surface area contributed by atoms with E-state index in [1.165, 1.54) is 11.1 Å². The van der Waals surface area contributed by atoms with Gasteiger partial charge in [0.25, 0.3) is 0 Å². The van der Waals surface area contributed by atoms with Crippen molar-refractivity contribution in [2.24, 2.45) is 0 Å². The van der Waals surface area contributed by atoms with Crippen molar-refractivity contribution in [1.29, 1.82) is 0 Å². The standard InChI is InChI=1S/C15H15ClN2/c16-11-5-6-14(17)13(9-11)15-12-4-2-1-3-10(12)7-8-18-15/h1-6,9,15,18H,7-8,17H2/t15-/m1/s1. The van der Waals surface area contributed by atoms with Gasteiger partial charge in [-0.25, -0.2) is 0 Å². The predicted molar refractivity (Wildman–Crippen MR) is 75.9 cm³/mol. The number of anilines is 1. The fourth-order valence-electron chi connectivity index (χ4n) is 2.58. The second-order valence-corrected chi connectivity index (χ2v) is 5.05. The van der Waals surface area contributed by atoms with Crippen LogP contribution >= 0.6 is 11.6 Å². The van der Waals surface area contributed by atoms with Gasteiger partial charge < -0.3 is 11.1 Å². The fourth-order valence-corrected chi connectivity index (χ4v) is 2.76. The highest BCUT2D eigenvalue weighted by Gasteiger charge is 2.22. The van der Waals surface area contributed by atoms with Crippen LogP contribution in [0, 0.1) is 0 Å². The lowest BCUT2D eigenvalue weighted by atomic mass is 9.89. The van der Waals surface area contributed by atoms with Crippen LogP contribution in [0.2, 0.25) is 5.02 Å². The molecule has 3 rings (SSSR count). The maximum absolute atomic E-state index is 6.08. The molecule has 18 heavy (non-hydrogen) atoms. The van der Waals surface area contributed by atoms with E-state index >= 15 is 0 Å². The molecule has 0 aliphatic carbocycles. The molecular formula is C15H15ClN2. The smallest absolute Gasteiger partial charge is 0.0600 e. The molecule has 0 bridgehead atoms. The number of hydrogen-bond donors (Lipinski definition) is 2. The molecular weight excluding hydrogens is 244 g/mol. The Balaban J connectivity index is 2.11. The summed E-state index contributed by atoms with van der Waals surface area (Å²) in [6.07, 6.45) is 1.06. The Morgan fingerprint density at radius 3 is 2.83 bits per heavy atom. The summed E-state index contributed by atoms with van der Waals surface area (Å²) in [6, 6.07) is 14.3. The third kappa shape index (κ3) is 1.98. The molecule has 1 aliphatic heterocycles. The summed E-state index contributed by atoms with van der Waals surface area (Å²) in [7, 11) is 0. The minimum atomic E-state index is 0.147. The zero-order valence-electron chi connectivity index (χ0n) is 9.99. The normalized spacial score (nSPS) is 18.4. The highest BCUT2D eigenvalue weighted by molar-refractivity contribution is 6.30. The van der Waals surface area contributed by atoms with Crippen LogP contribution in [0.25, 0.3) is 0 Å². The number of benzene rings is 2. The van der Waals surface area contributed by atoms with Crippen LogP contribution in [0.1, 0.15) is 22.7 Å². The number of hydrogen-bond acceptors (Lipinski definition) is 2. The van der Waals surface area contributed by atoms with Gasteiger partial charge in [-0.15, -0.1) is 0 Å². The second kappa shape index (κ2) is 4.63. The SMILES string of the molecule is Nc1ccc(Cl)cc1[C@@H]1NCCc2ccccc21. The van der Waals surface area contributed by atoms with Crippen LogP contribution in [-0.4, -0.2) is 6.54 Å². The molecule has 0 aromatic heterocycles. The zero-order valence-corrected chi connectivity index (χ0v) is 10.7. The lowest BCUT2D eigenvalue weighted by Gasteiger charge is -2.28. The minimum absolute atomic E-state index is 0.147. The van der Waals surface area contributed by atoms with Crippen molar-refractivity contribution in [3.8, 4) is 0 Å². The molecule has 0 saturated carbocycles. The summed E-state index contributed by atoms with van der Waals surface area (Å²) in [6.45, 7) is 0.966. The zero-order chi connectivity index (χ0) is 12.5. The highest BCUT2D eigenvalue weighted by Crippen LogP contribution is 2.33. The van der Waals surface area contributed by atoms with Crippen molar-refractivity contribution in [1.82, 2.24) is 5.32 Å². The van der Waals surface area contributed by atoms with E-state index in [1.807, 2.05) is 18.2 Å². The average Bonchev–Trinajstić information content (AvgIpc) is 2.41. The lowest BCUT2D eigenvalue weighted by Crippen LogP contribution is -2.31. The predicted octanol–water partition coefficient (Wildman–Crippen LogP) is 3.16. The fraction of sp³-hybridized carbons (Fsp3) is 0.200. The van der Waals surface area contributed by atoms with Gasteiger partial charge in [0.1, 0.15) is 0 Å². The molecule has 0 saturated heterocycles. The summed E-state index contributed by atoms with van der Waals surface area (Å²) in [5, 5.41) is 4.25. The maximum Gasteiger partial charge on any atom is 0.0600 e. The van der Waals surface area contributed by atoms with Gasteiger partial charge in [0, 0.05) is 17.3 Å². The van der Waals surface area contributed by atoms with E-state index in [9.17, 15) is 0 Å². The summed E-state index contributed by atoms with van der Waals surface area (Å²) < 4.78 is 0. The summed E-state index contributed by atoms with van der Waals surface area (Å²) in [5.41, 5.74) is 10.6. The Labute approximate surface area is 112 Å². The topological polar surface area (TPSA) is 38.0 Å². The largest absolute Gasteiger partial charge is 0.398 e. The Morgan fingerprint density at radius 2 is 1.94 bits per heavy atom. The summed E-state index contributed by atoms with van der Waals surface area (Å²) in [5.74, 6) is 0. The van der Waals surface area contributed by atoms with Gasteiger partial charge >= 0.3 is 0 Å². The molecule has 3 heteroatoms. The van der Waals surface area contributed by atoms with E-state index in [1.54, 1.807) is 0 Å². The molecule has 0 amide bonds. The van der Waals surface area contributed by atoms with Crippen molar-refractivity contribution < 1.29 is 0 Å². The van der Waals surface area contributed by atoms with Crippen molar-refractivity contribution >= 4 is 17.3 Å². The molecule has 0 fully saturated rings. The summed E-state index contributed by atoms with van der Waals surface area (Å²) in [4.78, 5) is 0. The van der Waals surface area contributed by atoms with E-state index in [2.05, 4.69) is 29.6 Å². The van der Waals surface area contributed by atoms with Crippen LogP contribution in [-0.2, 0) is 6.42 Å². The van der Waals surface area contributed by atoms with Crippen molar-refractivity contribution in [3.63, 3.8) is 0 Å². The second-order valence-electron chi connectivity index (χ2n) is 4.61. The van der Waals surface area contributed by atoms with Gasteiger partial charge in [0.2, 0.25) is 0 Å². The molecule has 3 N–H and O–H groups in total. The van der Waals surface area contributed by atoms with E-state index < -0.39 is 0 Å². The van der Waals surface area contributed by atoms with Crippen LogP contribution in [0.4, 0.5) is 5.69 Å². The Morgan fingerprint density at radius 1 is 1.11 bits per heavy atom. The first-order chi connectivity index (χ1) is 8.75. The number of halogens is 1. The minimum Gasteiger partial charge on any atom is -0.398 e. The van der Waals surface area contributed by atoms with E-state index in [4.69, 9.17) is 17.3 Å². The van der Waals surface area contributed by atoms with Gasteiger partial charge in [-0.05, 0) is 41.3 Å². The molecule has 1 aliphatic rings. The Bertz CT molecular complexity index is 580. The van der Waals surface area contributed by atoms with Crippen molar-refractivity contribution in [2.45, 2.75) is 12.5 Å². The van der Waals surface area contributed by atoms with Gasteiger partial charge in [0.15, 0.2) is 0 Å². The summed E-state index contributed by atoms with van der Waals surface area (Å²) >= 11 is 6.08. The molecule has 1 atom stereocenters. The number of nitrogens with one attached hydrogen (secondary N) is 1. The van der Waals surface area contributed by atoms with Gasteiger partial charge in [-0.1, -0.05) is 35.9 Å². The van der Waals surface area contributed by atoms with E-state index in [0.29, 0.717) is 0 Å². The van der Waals surface area contributed by atoms with Crippen LogP contribution in [0.3, 0.4) is 0 Å². The lowest BCUT2D eigenvalue weighted by molar-refractivity contribution is 0.569. The van der Waals surface area contributed by atoms with Gasteiger partial charge in [-0.2, -0.15) is 0 Å². The van der Waals surface area contributed by atoms with Crippen LogP contribution in [0.5, 0.6) is 0 Å². The van der Waals surface area contributed by atoms with E-state index in [0.717, 1.165) is 29.2 Å². The molecule has 1 heterocycles.